The highest BCUT2D eigenvalue weighted by molar-refractivity contribution is 9.10. The quantitative estimate of drug-likeness (QED) is 0.373. The summed E-state index contributed by atoms with van der Waals surface area (Å²) < 4.78 is 2.32. The van der Waals surface area contributed by atoms with Crippen LogP contribution in [0.25, 0.3) is 27.9 Å². The van der Waals surface area contributed by atoms with Crippen LogP contribution in [-0.4, -0.2) is 14.7 Å². The van der Waals surface area contributed by atoms with Gasteiger partial charge in [-0.2, -0.15) is 16.4 Å². The Bertz CT molecular complexity index is 983. The van der Waals surface area contributed by atoms with Gasteiger partial charge in [0.05, 0.1) is 4.47 Å². The second kappa shape index (κ2) is 4.66. The molecular weight excluding hydrogens is 376 g/mol. The first kappa shape index (κ1) is 13.0. The highest BCUT2D eigenvalue weighted by Crippen LogP contribution is 2.32. The van der Waals surface area contributed by atoms with Gasteiger partial charge >= 0.3 is 0 Å². The first-order valence-corrected chi connectivity index (χ1v) is 8.06. The lowest BCUT2D eigenvalue weighted by atomic mass is 10.2. The normalized spacial score (nSPS) is 11.5. The molecule has 21 heavy (non-hydrogen) atoms. The minimum absolute atomic E-state index is 0.416. The summed E-state index contributed by atoms with van der Waals surface area (Å²) in [5.74, 6) is 0. The molecule has 4 aromatic rings. The van der Waals surface area contributed by atoms with Crippen molar-refractivity contribution < 1.29 is 4.85 Å². The van der Waals surface area contributed by atoms with Crippen LogP contribution in [0.2, 0.25) is 5.02 Å². The molecule has 3 aromatic heterocycles. The van der Waals surface area contributed by atoms with Crippen molar-refractivity contribution in [2.75, 3.05) is 0 Å². The highest BCUT2D eigenvalue weighted by Gasteiger charge is 2.20. The molecule has 5 nitrogen and oxygen atoms in total. The van der Waals surface area contributed by atoms with Crippen molar-refractivity contribution in [1.82, 2.24) is 14.7 Å². The Hall–Kier alpha value is -1.70. The molecule has 0 amide bonds. The number of rotatable bonds is 1. The van der Waals surface area contributed by atoms with E-state index in [9.17, 15) is 5.21 Å². The van der Waals surface area contributed by atoms with Crippen molar-refractivity contribution in [2.45, 2.75) is 0 Å². The summed E-state index contributed by atoms with van der Waals surface area (Å²) in [4.78, 5) is 0.588. The fourth-order valence-corrected chi connectivity index (χ4v) is 3.56. The number of hydrogen-bond acceptors (Lipinski definition) is 4. The Morgan fingerprint density at radius 2 is 2.19 bits per heavy atom. The average Bonchev–Trinajstić information content (AvgIpc) is 3.08. The van der Waals surface area contributed by atoms with E-state index >= 15 is 0 Å². The van der Waals surface area contributed by atoms with Crippen LogP contribution < -0.4 is 4.85 Å². The van der Waals surface area contributed by atoms with Gasteiger partial charge in [0, 0.05) is 27.1 Å². The number of nitrogens with zero attached hydrogens (tertiary/aromatic N) is 4. The minimum Gasteiger partial charge on any atom is -0.594 e. The first-order valence-electron chi connectivity index (χ1n) is 5.95. The summed E-state index contributed by atoms with van der Waals surface area (Å²) in [6, 6.07) is 6.97. The maximum atomic E-state index is 12.1. The number of fused-ring (bicyclic) bond motifs is 3. The van der Waals surface area contributed by atoms with Crippen molar-refractivity contribution >= 4 is 55.5 Å². The molecule has 0 bridgehead atoms. The number of aromatic nitrogens is 4. The molecule has 0 unspecified atom stereocenters. The van der Waals surface area contributed by atoms with E-state index in [4.69, 9.17) is 11.6 Å². The fraction of sp³-hybridized carbons (Fsp3) is 0. The third kappa shape index (κ3) is 1.92. The molecule has 0 aliphatic heterocycles. The molecule has 0 saturated carbocycles. The van der Waals surface area contributed by atoms with Crippen LogP contribution in [0.3, 0.4) is 0 Å². The molecular formula is C13H6BrClN4OS. The lowest BCUT2D eigenvalue weighted by Crippen LogP contribution is -2.33. The van der Waals surface area contributed by atoms with Crippen LogP contribution in [-0.2, 0) is 0 Å². The van der Waals surface area contributed by atoms with E-state index in [0.717, 1.165) is 11.3 Å². The largest absolute Gasteiger partial charge is 0.594 e. The maximum absolute atomic E-state index is 12.1. The third-order valence-corrected chi connectivity index (χ3v) is 4.81. The predicted octanol–water partition coefficient (Wildman–Crippen LogP) is 3.66. The van der Waals surface area contributed by atoms with Crippen LogP contribution in [0, 0.1) is 5.21 Å². The van der Waals surface area contributed by atoms with Gasteiger partial charge in [-0.1, -0.05) is 11.6 Å². The minimum atomic E-state index is 0.416. The van der Waals surface area contributed by atoms with E-state index in [2.05, 4.69) is 26.1 Å². The first-order chi connectivity index (χ1) is 10.1. The predicted molar refractivity (Wildman–Crippen MR) is 85.5 cm³/mol. The molecule has 0 N–H and O–H groups in total. The van der Waals surface area contributed by atoms with Crippen LogP contribution in [0.15, 0.2) is 39.5 Å². The second-order valence-corrected chi connectivity index (χ2v) is 6.43. The Balaban J connectivity index is 2.17. The Kier molecular flexibility index (Phi) is 2.88. The molecule has 0 saturated heterocycles. The number of benzene rings is 1. The van der Waals surface area contributed by atoms with Crippen molar-refractivity contribution in [2.24, 2.45) is 0 Å². The van der Waals surface area contributed by atoms with Gasteiger partial charge in [0.15, 0.2) is 0 Å². The molecule has 0 atom stereocenters. The van der Waals surface area contributed by atoms with Crippen LogP contribution in [0.4, 0.5) is 0 Å². The summed E-state index contributed by atoms with van der Waals surface area (Å²) in [7, 11) is 0. The van der Waals surface area contributed by atoms with Gasteiger partial charge in [-0.05, 0) is 44.4 Å². The van der Waals surface area contributed by atoms with E-state index in [0.29, 0.717) is 31.0 Å². The van der Waals surface area contributed by atoms with Gasteiger partial charge in [0.2, 0.25) is 5.65 Å². The van der Waals surface area contributed by atoms with E-state index < -0.39 is 0 Å². The molecule has 104 valence electrons. The van der Waals surface area contributed by atoms with Crippen molar-refractivity contribution in [3.05, 3.63) is 49.7 Å². The zero-order valence-electron chi connectivity index (χ0n) is 10.3. The summed E-state index contributed by atoms with van der Waals surface area (Å²) in [6.45, 7) is 0. The number of thiophene rings is 1. The highest BCUT2D eigenvalue weighted by atomic mass is 79.9. The number of hydrogen-bond donors (Lipinski definition) is 0. The Morgan fingerprint density at radius 3 is 2.95 bits per heavy atom. The third-order valence-electron chi connectivity index (χ3n) is 3.16. The van der Waals surface area contributed by atoms with Gasteiger partial charge in [0.25, 0.3) is 5.52 Å². The van der Waals surface area contributed by atoms with Gasteiger partial charge in [0.1, 0.15) is 11.2 Å². The van der Waals surface area contributed by atoms with Crippen LogP contribution >= 0.6 is 38.9 Å². The Morgan fingerprint density at radius 1 is 1.33 bits per heavy atom. The standard InChI is InChI=1S/C13H6BrClN4OS/c14-11-12(7-3-4-21-6-7)16-18-10-5-8(15)1-2-9(10)19(20)17-13(11)18/h1-6H. The fourth-order valence-electron chi connectivity index (χ4n) is 2.20. The van der Waals surface area contributed by atoms with Crippen molar-refractivity contribution in [1.29, 1.82) is 0 Å². The molecule has 0 aliphatic rings. The number of halogens is 2. The van der Waals surface area contributed by atoms with E-state index in [1.165, 1.54) is 0 Å². The van der Waals surface area contributed by atoms with Gasteiger partial charge in [-0.15, -0.1) is 0 Å². The van der Waals surface area contributed by atoms with Crippen molar-refractivity contribution in [3.63, 3.8) is 0 Å². The van der Waals surface area contributed by atoms with Crippen molar-refractivity contribution in [3.8, 4) is 11.3 Å². The summed E-state index contributed by atoms with van der Waals surface area (Å²) >= 11 is 11.1. The molecule has 0 radical (unpaired) electrons. The van der Waals surface area contributed by atoms with E-state index in [-0.39, 0.29) is 0 Å². The van der Waals surface area contributed by atoms with E-state index in [1.807, 2.05) is 16.8 Å². The maximum Gasteiger partial charge on any atom is 0.270 e. The monoisotopic (exact) mass is 380 g/mol. The molecule has 3 heterocycles. The molecule has 0 aliphatic carbocycles. The summed E-state index contributed by atoms with van der Waals surface area (Å²) in [6.07, 6.45) is 0. The summed E-state index contributed by atoms with van der Waals surface area (Å²) in [5, 5.41) is 25.2. The van der Waals surface area contributed by atoms with E-state index in [1.54, 1.807) is 34.1 Å². The lowest BCUT2D eigenvalue weighted by molar-refractivity contribution is -0.640. The smallest absolute Gasteiger partial charge is 0.270 e. The zero-order chi connectivity index (χ0) is 14.6. The average molecular weight is 382 g/mol. The summed E-state index contributed by atoms with van der Waals surface area (Å²) in [5.41, 5.74) is 3.21. The van der Waals surface area contributed by atoms with Gasteiger partial charge in [-0.25, -0.2) is 4.52 Å². The molecule has 8 heteroatoms. The van der Waals surface area contributed by atoms with Gasteiger partial charge < -0.3 is 5.21 Å². The topological polar surface area (TPSA) is 57.1 Å². The van der Waals surface area contributed by atoms with Crippen LogP contribution in [0.1, 0.15) is 0 Å². The lowest BCUT2D eigenvalue weighted by Gasteiger charge is -2.01. The molecule has 4 rings (SSSR count). The second-order valence-electron chi connectivity index (χ2n) is 4.42. The van der Waals surface area contributed by atoms with Crippen LogP contribution in [0.5, 0.6) is 0 Å². The Labute approximate surface area is 136 Å². The molecule has 1 aromatic carbocycles. The SMILES string of the molecule is [O-][n+]1nc2c(Br)c(-c3ccsc3)nn2c2cc(Cl)ccc21. The van der Waals surface area contributed by atoms with Gasteiger partial charge in [-0.3, -0.25) is 0 Å². The molecule has 0 spiro atoms. The molecule has 0 fully saturated rings. The zero-order valence-corrected chi connectivity index (χ0v) is 13.5.